The van der Waals surface area contributed by atoms with E-state index in [0.717, 1.165) is 17.8 Å². The molecule has 3 unspecified atom stereocenters. The van der Waals surface area contributed by atoms with Crippen LogP contribution in [0.5, 0.6) is 0 Å². The third-order valence-corrected chi connectivity index (χ3v) is 5.51. The minimum atomic E-state index is 0.919. The maximum absolute atomic E-state index is 3.65. The number of hydrogen-bond donors (Lipinski definition) is 1. The predicted octanol–water partition coefficient (Wildman–Crippen LogP) is 4.73. The number of aryl methyl sites for hydroxylation is 1. The zero-order valence-corrected chi connectivity index (χ0v) is 13.3. The quantitative estimate of drug-likeness (QED) is 0.711. The molecule has 2 heteroatoms. The van der Waals surface area contributed by atoms with Gasteiger partial charge in [-0.1, -0.05) is 26.3 Å². The maximum atomic E-state index is 3.65. The Morgan fingerprint density at radius 3 is 2.95 bits per heavy atom. The van der Waals surface area contributed by atoms with E-state index in [1.807, 2.05) is 11.3 Å². The predicted molar refractivity (Wildman–Crippen MR) is 85.8 cm³/mol. The fourth-order valence-electron chi connectivity index (χ4n) is 3.43. The monoisotopic (exact) mass is 279 g/mol. The van der Waals surface area contributed by atoms with E-state index in [-0.39, 0.29) is 0 Å². The molecule has 108 valence electrons. The van der Waals surface area contributed by atoms with E-state index in [1.165, 1.54) is 51.6 Å². The van der Waals surface area contributed by atoms with Crippen LogP contribution in [0.1, 0.15) is 50.8 Å². The third-order valence-electron chi connectivity index (χ3n) is 4.58. The van der Waals surface area contributed by atoms with Crippen molar-refractivity contribution in [2.75, 3.05) is 13.1 Å². The van der Waals surface area contributed by atoms with E-state index < -0.39 is 0 Å². The number of rotatable bonds is 7. The number of nitrogens with one attached hydrogen (secondary N) is 1. The van der Waals surface area contributed by atoms with Gasteiger partial charge in [0, 0.05) is 4.88 Å². The third kappa shape index (κ3) is 4.92. The molecule has 1 aliphatic carbocycles. The summed E-state index contributed by atoms with van der Waals surface area (Å²) in [6.45, 7) is 7.12. The van der Waals surface area contributed by atoms with E-state index in [2.05, 4.69) is 36.7 Å². The molecule has 19 heavy (non-hydrogen) atoms. The molecule has 1 aromatic rings. The molecular formula is C17H29NS. The zero-order valence-electron chi connectivity index (χ0n) is 12.5. The SMILES string of the molecule is CCCNCC1CCC(C)CC1CCc1cccs1. The molecule has 1 aromatic heterocycles. The van der Waals surface area contributed by atoms with E-state index in [0.29, 0.717) is 0 Å². The molecule has 3 atom stereocenters. The lowest BCUT2D eigenvalue weighted by Gasteiger charge is -2.35. The van der Waals surface area contributed by atoms with Gasteiger partial charge in [0.1, 0.15) is 0 Å². The Balaban J connectivity index is 1.81. The van der Waals surface area contributed by atoms with Crippen molar-refractivity contribution in [3.8, 4) is 0 Å². The first-order valence-corrected chi connectivity index (χ1v) is 8.90. The second kappa shape index (κ2) is 8.06. The fraction of sp³-hybridized carbons (Fsp3) is 0.765. The topological polar surface area (TPSA) is 12.0 Å². The molecule has 1 fully saturated rings. The summed E-state index contributed by atoms with van der Waals surface area (Å²) in [6, 6.07) is 4.48. The average molecular weight is 279 g/mol. The van der Waals surface area contributed by atoms with Crippen molar-refractivity contribution in [2.24, 2.45) is 17.8 Å². The summed E-state index contributed by atoms with van der Waals surface area (Å²) < 4.78 is 0. The van der Waals surface area contributed by atoms with Gasteiger partial charge in [0.25, 0.3) is 0 Å². The first kappa shape index (κ1) is 15.1. The van der Waals surface area contributed by atoms with Crippen molar-refractivity contribution in [1.82, 2.24) is 5.32 Å². The van der Waals surface area contributed by atoms with Crippen LogP contribution in [0.25, 0.3) is 0 Å². The summed E-state index contributed by atoms with van der Waals surface area (Å²) in [5.41, 5.74) is 0. The van der Waals surface area contributed by atoms with Crippen LogP contribution in [0, 0.1) is 17.8 Å². The molecule has 0 amide bonds. The van der Waals surface area contributed by atoms with Crippen LogP contribution < -0.4 is 5.32 Å². The van der Waals surface area contributed by atoms with Crippen LogP contribution in [0.4, 0.5) is 0 Å². The van der Waals surface area contributed by atoms with Crippen molar-refractivity contribution in [1.29, 1.82) is 0 Å². The highest BCUT2D eigenvalue weighted by atomic mass is 32.1. The van der Waals surface area contributed by atoms with Gasteiger partial charge in [0.2, 0.25) is 0 Å². The standard InChI is InChI=1S/C17H29NS/c1-3-10-18-13-16-7-6-14(2)12-15(16)8-9-17-5-4-11-19-17/h4-5,11,14-16,18H,3,6-10,12-13H2,1-2H3. The van der Waals surface area contributed by atoms with E-state index >= 15 is 0 Å². The zero-order chi connectivity index (χ0) is 13.5. The second-order valence-electron chi connectivity index (χ2n) is 6.26. The molecule has 0 spiro atoms. The highest BCUT2D eigenvalue weighted by Gasteiger charge is 2.27. The second-order valence-corrected chi connectivity index (χ2v) is 7.29. The molecule has 1 aliphatic rings. The van der Waals surface area contributed by atoms with Crippen LogP contribution in [-0.2, 0) is 6.42 Å². The van der Waals surface area contributed by atoms with Crippen LogP contribution in [0.3, 0.4) is 0 Å². The molecular weight excluding hydrogens is 250 g/mol. The molecule has 1 saturated carbocycles. The van der Waals surface area contributed by atoms with Crippen molar-refractivity contribution < 1.29 is 0 Å². The van der Waals surface area contributed by atoms with Gasteiger partial charge >= 0.3 is 0 Å². The molecule has 1 N–H and O–H groups in total. The number of hydrogen-bond acceptors (Lipinski definition) is 2. The Morgan fingerprint density at radius 2 is 2.21 bits per heavy atom. The Morgan fingerprint density at radius 1 is 1.32 bits per heavy atom. The maximum Gasteiger partial charge on any atom is 0.00453 e. The van der Waals surface area contributed by atoms with E-state index in [1.54, 1.807) is 4.88 Å². The molecule has 0 bridgehead atoms. The lowest BCUT2D eigenvalue weighted by atomic mass is 9.72. The van der Waals surface area contributed by atoms with Crippen molar-refractivity contribution >= 4 is 11.3 Å². The van der Waals surface area contributed by atoms with Crippen molar-refractivity contribution in [2.45, 2.75) is 52.4 Å². The fourth-order valence-corrected chi connectivity index (χ4v) is 4.16. The summed E-state index contributed by atoms with van der Waals surface area (Å²) in [4.78, 5) is 1.57. The van der Waals surface area contributed by atoms with Crippen LogP contribution in [0.2, 0.25) is 0 Å². The van der Waals surface area contributed by atoms with Gasteiger partial charge in [-0.2, -0.15) is 0 Å². The molecule has 0 radical (unpaired) electrons. The summed E-state index contributed by atoms with van der Waals surface area (Å²) in [5.74, 6) is 2.80. The minimum absolute atomic E-state index is 0.919. The van der Waals surface area contributed by atoms with Gasteiger partial charge in [-0.3, -0.25) is 0 Å². The van der Waals surface area contributed by atoms with Crippen LogP contribution in [-0.4, -0.2) is 13.1 Å². The van der Waals surface area contributed by atoms with Gasteiger partial charge in [0.15, 0.2) is 0 Å². The Kier molecular flexibility index (Phi) is 6.39. The molecule has 0 aromatic carbocycles. The number of thiophene rings is 1. The Bertz CT molecular complexity index is 333. The first-order valence-electron chi connectivity index (χ1n) is 8.02. The van der Waals surface area contributed by atoms with Gasteiger partial charge in [-0.15, -0.1) is 11.3 Å². The summed E-state index contributed by atoms with van der Waals surface area (Å²) in [5, 5.41) is 5.85. The van der Waals surface area contributed by atoms with E-state index in [4.69, 9.17) is 0 Å². The van der Waals surface area contributed by atoms with Crippen LogP contribution in [0.15, 0.2) is 17.5 Å². The summed E-state index contributed by atoms with van der Waals surface area (Å²) in [6.07, 6.45) is 8.26. The van der Waals surface area contributed by atoms with Gasteiger partial charge in [-0.25, -0.2) is 0 Å². The summed E-state index contributed by atoms with van der Waals surface area (Å²) in [7, 11) is 0. The Labute approximate surface area is 122 Å². The molecule has 0 saturated heterocycles. The molecule has 1 nitrogen and oxygen atoms in total. The highest BCUT2D eigenvalue weighted by Crippen LogP contribution is 2.36. The minimum Gasteiger partial charge on any atom is -0.316 e. The van der Waals surface area contributed by atoms with Gasteiger partial charge in [-0.05, 0) is 74.4 Å². The smallest absolute Gasteiger partial charge is 0.00453 e. The van der Waals surface area contributed by atoms with Gasteiger partial charge < -0.3 is 5.32 Å². The van der Waals surface area contributed by atoms with Gasteiger partial charge in [0.05, 0.1) is 0 Å². The van der Waals surface area contributed by atoms with Crippen LogP contribution >= 0.6 is 11.3 Å². The van der Waals surface area contributed by atoms with E-state index in [9.17, 15) is 0 Å². The molecule has 2 rings (SSSR count). The largest absolute Gasteiger partial charge is 0.316 e. The lowest BCUT2D eigenvalue weighted by molar-refractivity contribution is 0.175. The molecule has 1 heterocycles. The Hall–Kier alpha value is -0.340. The lowest BCUT2D eigenvalue weighted by Crippen LogP contribution is -2.33. The van der Waals surface area contributed by atoms with Crippen molar-refractivity contribution in [3.63, 3.8) is 0 Å². The first-order chi connectivity index (χ1) is 9.29. The molecule has 0 aliphatic heterocycles. The van der Waals surface area contributed by atoms with Crippen molar-refractivity contribution in [3.05, 3.63) is 22.4 Å². The summed E-state index contributed by atoms with van der Waals surface area (Å²) >= 11 is 1.92. The average Bonchev–Trinajstić information content (AvgIpc) is 2.92. The highest BCUT2D eigenvalue weighted by molar-refractivity contribution is 7.09. The normalized spacial score (nSPS) is 27.6.